The predicted molar refractivity (Wildman–Crippen MR) is 65.0 cm³/mol. The van der Waals surface area contributed by atoms with Gasteiger partial charge >= 0.3 is 5.97 Å². The van der Waals surface area contributed by atoms with Crippen molar-refractivity contribution in [2.75, 3.05) is 24.5 Å². The van der Waals surface area contributed by atoms with Crippen molar-refractivity contribution in [3.8, 4) is 0 Å². The molecule has 0 aliphatic carbocycles. The summed E-state index contributed by atoms with van der Waals surface area (Å²) in [6, 6.07) is 8.78. The number of carbonyl (C=O) groups is 2. The molecule has 2 N–H and O–H groups in total. The third-order valence-corrected chi connectivity index (χ3v) is 2.19. The second-order valence-corrected chi connectivity index (χ2v) is 3.49. The molecule has 1 amide bonds. The summed E-state index contributed by atoms with van der Waals surface area (Å²) in [5, 5.41) is 11.7. The first kappa shape index (κ1) is 13.2. The lowest BCUT2D eigenvalue weighted by molar-refractivity contribution is -0.136. The van der Waals surface area contributed by atoms with Crippen LogP contribution in [-0.2, 0) is 9.59 Å². The van der Waals surface area contributed by atoms with Gasteiger partial charge in [-0.3, -0.25) is 9.59 Å². The fourth-order valence-electron chi connectivity index (χ4n) is 1.39. The number of amides is 1. The lowest BCUT2D eigenvalue weighted by Crippen LogP contribution is -2.41. The SMILES string of the molecule is CCNCC(=O)N(CC(=O)O)c1ccccc1. The van der Waals surface area contributed by atoms with Gasteiger partial charge in [-0.15, -0.1) is 0 Å². The number of rotatable bonds is 6. The molecule has 5 heteroatoms. The minimum Gasteiger partial charge on any atom is -0.480 e. The van der Waals surface area contributed by atoms with Crippen molar-refractivity contribution in [2.45, 2.75) is 6.92 Å². The molecule has 1 aromatic carbocycles. The van der Waals surface area contributed by atoms with Crippen LogP contribution < -0.4 is 10.2 Å². The normalized spacial score (nSPS) is 9.94. The zero-order valence-corrected chi connectivity index (χ0v) is 9.72. The molecule has 0 aliphatic heterocycles. The van der Waals surface area contributed by atoms with Gasteiger partial charge in [-0.25, -0.2) is 0 Å². The maximum absolute atomic E-state index is 11.8. The van der Waals surface area contributed by atoms with Gasteiger partial charge in [0.05, 0.1) is 6.54 Å². The number of carboxylic acids is 1. The summed E-state index contributed by atoms with van der Waals surface area (Å²) < 4.78 is 0. The van der Waals surface area contributed by atoms with E-state index in [-0.39, 0.29) is 19.0 Å². The van der Waals surface area contributed by atoms with Gasteiger partial charge in [0.15, 0.2) is 0 Å². The highest BCUT2D eigenvalue weighted by atomic mass is 16.4. The number of carbonyl (C=O) groups excluding carboxylic acids is 1. The summed E-state index contributed by atoms with van der Waals surface area (Å²) >= 11 is 0. The van der Waals surface area contributed by atoms with E-state index < -0.39 is 5.97 Å². The van der Waals surface area contributed by atoms with E-state index in [0.717, 1.165) is 0 Å². The van der Waals surface area contributed by atoms with Gasteiger partial charge in [0.2, 0.25) is 5.91 Å². The van der Waals surface area contributed by atoms with Gasteiger partial charge in [0.25, 0.3) is 0 Å². The monoisotopic (exact) mass is 236 g/mol. The van der Waals surface area contributed by atoms with Crippen LogP contribution >= 0.6 is 0 Å². The molecule has 0 fully saturated rings. The number of carboxylic acid groups (broad SMARTS) is 1. The van der Waals surface area contributed by atoms with Crippen molar-refractivity contribution in [3.05, 3.63) is 30.3 Å². The molecule has 0 unspecified atom stereocenters. The predicted octanol–water partition coefficient (Wildman–Crippen LogP) is 0.714. The number of likely N-dealkylation sites (N-methyl/N-ethyl adjacent to an activating group) is 1. The van der Waals surface area contributed by atoms with Crippen LogP contribution in [0.25, 0.3) is 0 Å². The zero-order chi connectivity index (χ0) is 12.7. The van der Waals surface area contributed by atoms with Crippen molar-refractivity contribution >= 4 is 17.6 Å². The molecule has 0 saturated heterocycles. The Hall–Kier alpha value is -1.88. The molecule has 0 saturated carbocycles. The summed E-state index contributed by atoms with van der Waals surface area (Å²) in [6.45, 7) is 2.37. The molecular weight excluding hydrogens is 220 g/mol. The molecule has 17 heavy (non-hydrogen) atoms. The number of nitrogens with one attached hydrogen (secondary N) is 1. The van der Waals surface area contributed by atoms with Gasteiger partial charge in [0, 0.05) is 5.69 Å². The average Bonchev–Trinajstić information content (AvgIpc) is 2.34. The van der Waals surface area contributed by atoms with E-state index >= 15 is 0 Å². The van der Waals surface area contributed by atoms with Crippen molar-refractivity contribution < 1.29 is 14.7 Å². The Morgan fingerprint density at radius 2 is 1.94 bits per heavy atom. The third kappa shape index (κ3) is 4.24. The van der Waals surface area contributed by atoms with Crippen LogP contribution in [0.1, 0.15) is 6.92 Å². The lowest BCUT2D eigenvalue weighted by atomic mass is 10.2. The fraction of sp³-hybridized carbons (Fsp3) is 0.333. The number of para-hydroxylation sites is 1. The first-order valence-electron chi connectivity index (χ1n) is 5.43. The first-order chi connectivity index (χ1) is 8.15. The van der Waals surface area contributed by atoms with E-state index in [2.05, 4.69) is 5.32 Å². The molecule has 0 spiro atoms. The average molecular weight is 236 g/mol. The number of benzene rings is 1. The second kappa shape index (κ2) is 6.65. The van der Waals surface area contributed by atoms with E-state index in [1.54, 1.807) is 24.3 Å². The molecule has 0 heterocycles. The Labute approximate surface area is 100 Å². The van der Waals surface area contributed by atoms with Crippen molar-refractivity contribution in [3.63, 3.8) is 0 Å². The second-order valence-electron chi connectivity index (χ2n) is 3.49. The maximum atomic E-state index is 11.8. The van der Waals surface area contributed by atoms with E-state index in [9.17, 15) is 9.59 Å². The van der Waals surface area contributed by atoms with Crippen LogP contribution in [0.4, 0.5) is 5.69 Å². The smallest absolute Gasteiger partial charge is 0.323 e. The van der Waals surface area contributed by atoms with Crippen LogP contribution in [-0.4, -0.2) is 36.6 Å². The topological polar surface area (TPSA) is 69.6 Å². The van der Waals surface area contributed by atoms with Crippen LogP contribution in [0.5, 0.6) is 0 Å². The van der Waals surface area contributed by atoms with Gasteiger partial charge in [-0.2, -0.15) is 0 Å². The molecule has 1 rings (SSSR count). The van der Waals surface area contributed by atoms with E-state index in [0.29, 0.717) is 12.2 Å². The summed E-state index contributed by atoms with van der Waals surface area (Å²) in [7, 11) is 0. The molecule has 0 radical (unpaired) electrons. The Morgan fingerprint density at radius 1 is 1.29 bits per heavy atom. The zero-order valence-electron chi connectivity index (χ0n) is 9.72. The standard InChI is InChI=1S/C12H16N2O3/c1-2-13-8-11(15)14(9-12(16)17)10-6-4-3-5-7-10/h3-7,13H,2,8-9H2,1H3,(H,16,17). The molecule has 1 aromatic rings. The highest BCUT2D eigenvalue weighted by Crippen LogP contribution is 2.12. The molecule has 0 aliphatic rings. The van der Waals surface area contributed by atoms with Crippen molar-refractivity contribution in [2.24, 2.45) is 0 Å². The number of hydrogen-bond acceptors (Lipinski definition) is 3. The molecule has 0 atom stereocenters. The fourth-order valence-corrected chi connectivity index (χ4v) is 1.39. The van der Waals surface area contributed by atoms with Gasteiger partial charge in [-0.05, 0) is 18.7 Å². The maximum Gasteiger partial charge on any atom is 0.323 e. The van der Waals surface area contributed by atoms with Crippen LogP contribution in [0, 0.1) is 0 Å². The first-order valence-corrected chi connectivity index (χ1v) is 5.43. The third-order valence-electron chi connectivity index (χ3n) is 2.19. The van der Waals surface area contributed by atoms with Crippen LogP contribution in [0.15, 0.2) is 30.3 Å². The molecule has 0 bridgehead atoms. The number of anilines is 1. The Kier molecular flexibility index (Phi) is 5.16. The van der Waals surface area contributed by atoms with Gasteiger partial charge in [0.1, 0.15) is 6.54 Å². The highest BCUT2D eigenvalue weighted by molar-refractivity contribution is 5.98. The van der Waals surface area contributed by atoms with E-state index in [4.69, 9.17) is 5.11 Å². The minimum absolute atomic E-state index is 0.138. The Bertz CT molecular complexity index is 379. The van der Waals surface area contributed by atoms with E-state index in [1.165, 1.54) is 4.90 Å². The van der Waals surface area contributed by atoms with Crippen molar-refractivity contribution in [1.29, 1.82) is 0 Å². The van der Waals surface area contributed by atoms with Crippen LogP contribution in [0.3, 0.4) is 0 Å². The molecule has 5 nitrogen and oxygen atoms in total. The number of hydrogen-bond donors (Lipinski definition) is 2. The highest BCUT2D eigenvalue weighted by Gasteiger charge is 2.17. The summed E-state index contributed by atoms with van der Waals surface area (Å²) in [6.07, 6.45) is 0. The van der Waals surface area contributed by atoms with Gasteiger partial charge in [-0.1, -0.05) is 25.1 Å². The van der Waals surface area contributed by atoms with Gasteiger partial charge < -0.3 is 15.3 Å². The molecule has 92 valence electrons. The number of aliphatic carboxylic acids is 1. The summed E-state index contributed by atoms with van der Waals surface area (Å²) in [5.74, 6) is -1.28. The largest absolute Gasteiger partial charge is 0.480 e. The summed E-state index contributed by atoms with van der Waals surface area (Å²) in [5.41, 5.74) is 0.595. The molecular formula is C12H16N2O3. The Morgan fingerprint density at radius 3 is 2.47 bits per heavy atom. The summed E-state index contributed by atoms with van der Waals surface area (Å²) in [4.78, 5) is 23.8. The Balaban J connectivity index is 2.80. The molecule has 0 aromatic heterocycles. The number of nitrogens with zero attached hydrogens (tertiary/aromatic N) is 1. The van der Waals surface area contributed by atoms with Crippen molar-refractivity contribution in [1.82, 2.24) is 5.32 Å². The van der Waals surface area contributed by atoms with E-state index in [1.807, 2.05) is 13.0 Å². The minimum atomic E-state index is -1.03. The van der Waals surface area contributed by atoms with Crippen LogP contribution in [0.2, 0.25) is 0 Å². The quantitative estimate of drug-likeness (QED) is 0.763. The lowest BCUT2D eigenvalue weighted by Gasteiger charge is -2.20.